The van der Waals surface area contributed by atoms with Gasteiger partial charge in [-0.25, -0.2) is 4.39 Å². The summed E-state index contributed by atoms with van der Waals surface area (Å²) in [7, 11) is 0. The standard InChI is InChI=1S/C26H26BClFN3O3/c1-27(34)16-20(14-25(31-32-30)26(33)35-17-19-5-3-2-4-6-19)13-18-7-9-21(10-8-18)23-15-22(28)11-12-24(23)29/h2-12,15,20,25,34H,13-14,16-17H2,1H3/t20-,25-/m1/s1. The quantitative estimate of drug-likeness (QED) is 0.105. The molecule has 0 radical (unpaired) electrons. The van der Waals surface area contributed by atoms with E-state index < -0.39 is 18.9 Å². The molecule has 0 bridgehead atoms. The maximum absolute atomic E-state index is 14.2. The van der Waals surface area contributed by atoms with Crippen LogP contribution in [0.1, 0.15) is 17.5 Å². The number of hydrogen-bond donors (Lipinski definition) is 1. The molecular weight excluding hydrogens is 468 g/mol. The Bertz CT molecular complexity index is 1170. The minimum Gasteiger partial charge on any atom is -0.461 e. The van der Waals surface area contributed by atoms with Crippen molar-refractivity contribution >= 4 is 24.5 Å². The van der Waals surface area contributed by atoms with Crippen molar-refractivity contribution in [1.29, 1.82) is 0 Å². The average Bonchev–Trinajstić information content (AvgIpc) is 2.84. The zero-order valence-electron chi connectivity index (χ0n) is 19.3. The van der Waals surface area contributed by atoms with Crippen molar-refractivity contribution in [2.45, 2.75) is 38.6 Å². The fourth-order valence-corrected chi connectivity index (χ4v) is 4.18. The monoisotopic (exact) mass is 493 g/mol. The topological polar surface area (TPSA) is 95.3 Å². The Balaban J connectivity index is 1.70. The summed E-state index contributed by atoms with van der Waals surface area (Å²) in [5.74, 6) is -1.11. The summed E-state index contributed by atoms with van der Waals surface area (Å²) in [5, 5.41) is 14.1. The van der Waals surface area contributed by atoms with Crippen LogP contribution in [0.2, 0.25) is 18.2 Å². The van der Waals surface area contributed by atoms with Crippen LogP contribution in [0.25, 0.3) is 21.6 Å². The zero-order valence-corrected chi connectivity index (χ0v) is 20.1. The Labute approximate surface area is 209 Å². The number of benzene rings is 3. The molecule has 1 N–H and O–H groups in total. The van der Waals surface area contributed by atoms with E-state index in [4.69, 9.17) is 21.9 Å². The van der Waals surface area contributed by atoms with Gasteiger partial charge in [0, 0.05) is 15.5 Å². The van der Waals surface area contributed by atoms with E-state index in [1.807, 2.05) is 54.6 Å². The van der Waals surface area contributed by atoms with Crippen molar-refractivity contribution in [3.63, 3.8) is 0 Å². The van der Waals surface area contributed by atoms with Crippen molar-refractivity contribution in [1.82, 2.24) is 0 Å². The molecule has 3 aromatic carbocycles. The summed E-state index contributed by atoms with van der Waals surface area (Å²) in [4.78, 5) is 15.5. The molecule has 2 atom stereocenters. The molecule has 0 aromatic heterocycles. The maximum Gasteiger partial charge on any atom is 0.315 e. The fraction of sp³-hybridized carbons (Fsp3) is 0.269. The molecule has 3 rings (SSSR count). The summed E-state index contributed by atoms with van der Waals surface area (Å²) in [6.45, 7) is 1.15. The number of hydrogen-bond acceptors (Lipinski definition) is 4. The lowest BCUT2D eigenvalue weighted by atomic mass is 9.62. The lowest BCUT2D eigenvalue weighted by Gasteiger charge is -2.21. The van der Waals surface area contributed by atoms with Crippen LogP contribution in [-0.4, -0.2) is 24.0 Å². The van der Waals surface area contributed by atoms with Crippen LogP contribution >= 0.6 is 11.6 Å². The molecule has 0 amide bonds. The SMILES string of the molecule is CB(O)C[C@H](Cc1ccc(-c2cc(Cl)ccc2F)cc1)C[C@@H](N=[N+]=[N-])C(=O)OCc1ccccc1. The van der Waals surface area contributed by atoms with E-state index in [0.717, 1.165) is 11.1 Å². The van der Waals surface area contributed by atoms with Crippen LogP contribution < -0.4 is 0 Å². The molecule has 0 spiro atoms. The Morgan fingerprint density at radius 1 is 1.14 bits per heavy atom. The van der Waals surface area contributed by atoms with Crippen LogP contribution in [0.3, 0.4) is 0 Å². The van der Waals surface area contributed by atoms with Gasteiger partial charge in [-0.15, -0.1) is 0 Å². The summed E-state index contributed by atoms with van der Waals surface area (Å²) in [6, 6.07) is 20.0. The second-order valence-electron chi connectivity index (χ2n) is 8.53. The highest BCUT2D eigenvalue weighted by atomic mass is 35.5. The van der Waals surface area contributed by atoms with Crippen LogP contribution in [0, 0.1) is 11.7 Å². The molecule has 0 aliphatic carbocycles. The minimum atomic E-state index is -1.01. The lowest BCUT2D eigenvalue weighted by molar-refractivity contribution is -0.146. The molecule has 0 fully saturated rings. The van der Waals surface area contributed by atoms with Crippen molar-refractivity contribution in [2.75, 3.05) is 0 Å². The molecule has 35 heavy (non-hydrogen) atoms. The number of carbonyl (C=O) groups is 1. The predicted octanol–water partition coefficient (Wildman–Crippen LogP) is 6.73. The third-order valence-electron chi connectivity index (χ3n) is 5.64. The second kappa shape index (κ2) is 13.0. The van der Waals surface area contributed by atoms with E-state index in [1.54, 1.807) is 12.9 Å². The number of nitrogens with zero attached hydrogens (tertiary/aromatic N) is 3. The summed E-state index contributed by atoms with van der Waals surface area (Å²) in [5.41, 5.74) is 11.9. The number of halogens is 2. The first-order chi connectivity index (χ1) is 16.9. The number of azide groups is 1. The Kier molecular flexibility index (Phi) is 9.73. The van der Waals surface area contributed by atoms with E-state index in [2.05, 4.69) is 10.0 Å². The molecule has 9 heteroatoms. The third kappa shape index (κ3) is 8.14. The summed E-state index contributed by atoms with van der Waals surface area (Å²) >= 11 is 6.01. The average molecular weight is 494 g/mol. The van der Waals surface area contributed by atoms with E-state index in [9.17, 15) is 14.2 Å². The van der Waals surface area contributed by atoms with Gasteiger partial charge in [0.15, 0.2) is 0 Å². The molecule has 0 heterocycles. The third-order valence-corrected chi connectivity index (χ3v) is 5.87. The van der Waals surface area contributed by atoms with Crippen molar-refractivity contribution < 1.29 is 18.9 Å². The highest BCUT2D eigenvalue weighted by molar-refractivity contribution is 6.48. The van der Waals surface area contributed by atoms with Gasteiger partial charge in [-0.3, -0.25) is 4.79 Å². The first kappa shape index (κ1) is 26.3. The van der Waals surface area contributed by atoms with Gasteiger partial charge in [-0.05, 0) is 65.5 Å². The molecule has 180 valence electrons. The zero-order chi connectivity index (χ0) is 25.2. The van der Waals surface area contributed by atoms with Gasteiger partial charge in [0.2, 0.25) is 0 Å². The van der Waals surface area contributed by atoms with E-state index in [0.29, 0.717) is 28.9 Å². The van der Waals surface area contributed by atoms with Crippen LogP contribution in [0.15, 0.2) is 77.9 Å². The summed E-state index contributed by atoms with van der Waals surface area (Å²) < 4.78 is 19.6. The predicted molar refractivity (Wildman–Crippen MR) is 136 cm³/mol. The number of rotatable bonds is 11. The molecule has 0 aliphatic rings. The first-order valence-corrected chi connectivity index (χ1v) is 11.7. The van der Waals surface area contributed by atoms with Crippen molar-refractivity contribution in [2.24, 2.45) is 11.0 Å². The normalized spacial score (nSPS) is 12.3. The van der Waals surface area contributed by atoms with E-state index in [-0.39, 0.29) is 24.8 Å². The van der Waals surface area contributed by atoms with Gasteiger partial charge >= 0.3 is 5.97 Å². The molecule has 0 unspecified atom stereocenters. The number of ether oxygens (including phenoxy) is 1. The smallest absolute Gasteiger partial charge is 0.315 e. The lowest BCUT2D eigenvalue weighted by Crippen LogP contribution is -2.27. The molecule has 6 nitrogen and oxygen atoms in total. The Morgan fingerprint density at radius 2 is 1.86 bits per heavy atom. The number of esters is 1. The van der Waals surface area contributed by atoms with Gasteiger partial charge in [0.25, 0.3) is 6.92 Å². The van der Waals surface area contributed by atoms with E-state index in [1.165, 1.54) is 12.1 Å². The van der Waals surface area contributed by atoms with Gasteiger partial charge in [-0.1, -0.05) is 78.1 Å². The second-order valence-corrected chi connectivity index (χ2v) is 8.96. The fourth-order valence-electron chi connectivity index (χ4n) is 4.01. The van der Waals surface area contributed by atoms with Gasteiger partial charge in [0.1, 0.15) is 18.5 Å². The summed E-state index contributed by atoms with van der Waals surface area (Å²) in [6.07, 6.45) is 1.17. The molecule has 3 aromatic rings. The highest BCUT2D eigenvalue weighted by Crippen LogP contribution is 2.28. The Hall–Kier alpha value is -3.32. The molecule has 0 saturated heterocycles. The molecule has 0 aliphatic heterocycles. The van der Waals surface area contributed by atoms with Crippen LogP contribution in [0.4, 0.5) is 4.39 Å². The van der Waals surface area contributed by atoms with Crippen molar-refractivity contribution in [3.8, 4) is 11.1 Å². The number of carbonyl (C=O) groups excluding carboxylic acids is 1. The van der Waals surface area contributed by atoms with E-state index >= 15 is 0 Å². The van der Waals surface area contributed by atoms with Gasteiger partial charge < -0.3 is 9.76 Å². The Morgan fingerprint density at radius 3 is 2.51 bits per heavy atom. The largest absolute Gasteiger partial charge is 0.461 e. The van der Waals surface area contributed by atoms with Crippen LogP contribution in [0.5, 0.6) is 0 Å². The molecule has 0 saturated carbocycles. The maximum atomic E-state index is 14.2. The first-order valence-electron chi connectivity index (χ1n) is 11.3. The van der Waals surface area contributed by atoms with Gasteiger partial charge in [0.05, 0.1) is 0 Å². The highest BCUT2D eigenvalue weighted by Gasteiger charge is 2.25. The molecular formula is C26H26BClFN3O3. The van der Waals surface area contributed by atoms with Gasteiger partial charge in [-0.2, -0.15) is 0 Å². The van der Waals surface area contributed by atoms with Crippen LogP contribution in [-0.2, 0) is 22.6 Å². The minimum absolute atomic E-state index is 0.0831. The van der Waals surface area contributed by atoms with Crippen molar-refractivity contribution in [3.05, 3.63) is 105 Å².